The Kier molecular flexibility index (Phi) is 3.23. The Labute approximate surface area is 87.5 Å². The van der Waals surface area contributed by atoms with Crippen molar-refractivity contribution in [1.82, 2.24) is 4.98 Å². The predicted octanol–water partition coefficient (Wildman–Crippen LogP) is 1.59. The zero-order valence-corrected chi connectivity index (χ0v) is 9.44. The van der Waals surface area contributed by atoms with Gasteiger partial charge in [-0.3, -0.25) is 4.79 Å². The summed E-state index contributed by atoms with van der Waals surface area (Å²) in [5.41, 5.74) is 5.82. The molecule has 0 unspecified atom stereocenters. The highest BCUT2D eigenvalue weighted by Gasteiger charge is 2.21. The first kappa shape index (κ1) is 11.1. The van der Waals surface area contributed by atoms with Gasteiger partial charge in [-0.25, -0.2) is 4.98 Å². The van der Waals surface area contributed by atoms with Crippen LogP contribution in [-0.4, -0.2) is 10.9 Å². The van der Waals surface area contributed by atoms with Gasteiger partial charge in [0, 0.05) is 17.3 Å². The molecular weight excluding hydrogens is 198 g/mol. The lowest BCUT2D eigenvalue weighted by atomic mass is 9.96. The van der Waals surface area contributed by atoms with Crippen LogP contribution in [-0.2, 0) is 11.3 Å². The zero-order chi connectivity index (χ0) is 10.8. The summed E-state index contributed by atoms with van der Waals surface area (Å²) in [7, 11) is 0. The quantitative estimate of drug-likeness (QED) is 0.783. The van der Waals surface area contributed by atoms with Crippen LogP contribution in [0.3, 0.4) is 0 Å². The van der Waals surface area contributed by atoms with E-state index >= 15 is 0 Å². The zero-order valence-electron chi connectivity index (χ0n) is 8.63. The van der Waals surface area contributed by atoms with Gasteiger partial charge in [0.15, 0.2) is 5.13 Å². The lowest BCUT2D eigenvalue weighted by Gasteiger charge is -2.15. The summed E-state index contributed by atoms with van der Waals surface area (Å²) in [6, 6.07) is 0. The Morgan fingerprint density at radius 3 is 2.71 bits per heavy atom. The SMILES string of the molecule is CC(C)(C)C(=O)Nc1nc(CN)cs1. The highest BCUT2D eigenvalue weighted by Crippen LogP contribution is 2.20. The lowest BCUT2D eigenvalue weighted by molar-refractivity contribution is -0.123. The predicted molar refractivity (Wildman–Crippen MR) is 58.1 cm³/mol. The lowest BCUT2D eigenvalue weighted by Crippen LogP contribution is -2.27. The summed E-state index contributed by atoms with van der Waals surface area (Å²) in [5, 5.41) is 5.21. The second-order valence-corrected chi connectivity index (χ2v) is 4.91. The summed E-state index contributed by atoms with van der Waals surface area (Å²) < 4.78 is 0. The number of anilines is 1. The minimum Gasteiger partial charge on any atom is -0.325 e. The first-order valence-electron chi connectivity index (χ1n) is 4.39. The van der Waals surface area contributed by atoms with E-state index in [-0.39, 0.29) is 5.91 Å². The van der Waals surface area contributed by atoms with Crippen LogP contribution < -0.4 is 11.1 Å². The third-order valence-electron chi connectivity index (χ3n) is 1.66. The molecule has 0 aliphatic heterocycles. The normalized spacial score (nSPS) is 11.4. The van der Waals surface area contributed by atoms with Crippen molar-refractivity contribution in [3.63, 3.8) is 0 Å². The van der Waals surface area contributed by atoms with Crippen molar-refractivity contribution in [1.29, 1.82) is 0 Å². The number of nitrogens with zero attached hydrogens (tertiary/aromatic N) is 1. The highest BCUT2D eigenvalue weighted by molar-refractivity contribution is 7.13. The molecule has 5 heteroatoms. The first-order valence-corrected chi connectivity index (χ1v) is 5.27. The highest BCUT2D eigenvalue weighted by atomic mass is 32.1. The van der Waals surface area contributed by atoms with Gasteiger partial charge in [0.1, 0.15) is 0 Å². The number of rotatable bonds is 2. The summed E-state index contributed by atoms with van der Waals surface area (Å²) >= 11 is 1.40. The molecule has 1 rings (SSSR count). The van der Waals surface area contributed by atoms with Gasteiger partial charge in [0.25, 0.3) is 0 Å². The molecule has 0 spiro atoms. The molecule has 0 bridgehead atoms. The molecule has 4 nitrogen and oxygen atoms in total. The Bertz CT molecular complexity index is 327. The Balaban J connectivity index is 2.65. The van der Waals surface area contributed by atoms with E-state index in [0.717, 1.165) is 5.69 Å². The maximum atomic E-state index is 11.6. The monoisotopic (exact) mass is 213 g/mol. The summed E-state index contributed by atoms with van der Waals surface area (Å²) in [6.07, 6.45) is 0. The number of carbonyl (C=O) groups is 1. The second-order valence-electron chi connectivity index (χ2n) is 4.05. The van der Waals surface area contributed by atoms with Gasteiger partial charge in [-0.05, 0) is 0 Å². The fourth-order valence-electron chi connectivity index (χ4n) is 0.743. The van der Waals surface area contributed by atoms with Crippen LogP contribution in [0.1, 0.15) is 26.5 Å². The molecule has 0 aromatic carbocycles. The van der Waals surface area contributed by atoms with Crippen LogP contribution >= 0.6 is 11.3 Å². The van der Waals surface area contributed by atoms with Crippen molar-refractivity contribution in [2.45, 2.75) is 27.3 Å². The molecule has 0 aliphatic rings. The molecule has 0 aliphatic carbocycles. The fourth-order valence-corrected chi connectivity index (χ4v) is 1.46. The molecule has 1 heterocycles. The van der Waals surface area contributed by atoms with Gasteiger partial charge in [-0.2, -0.15) is 0 Å². The van der Waals surface area contributed by atoms with Crippen LogP contribution in [0.25, 0.3) is 0 Å². The Morgan fingerprint density at radius 1 is 1.64 bits per heavy atom. The summed E-state index contributed by atoms with van der Waals surface area (Å²) in [5.74, 6) is -0.0320. The number of carbonyl (C=O) groups excluding carboxylic acids is 1. The summed E-state index contributed by atoms with van der Waals surface area (Å²) in [4.78, 5) is 15.7. The number of thiazole rings is 1. The van der Waals surface area contributed by atoms with Crippen molar-refractivity contribution in [2.24, 2.45) is 11.1 Å². The van der Waals surface area contributed by atoms with Crippen LogP contribution in [0.4, 0.5) is 5.13 Å². The third-order valence-corrected chi connectivity index (χ3v) is 2.47. The molecule has 1 amide bonds. The Morgan fingerprint density at radius 2 is 2.29 bits per heavy atom. The molecule has 0 atom stereocenters. The van der Waals surface area contributed by atoms with Crippen LogP contribution in [0.15, 0.2) is 5.38 Å². The number of hydrogen-bond acceptors (Lipinski definition) is 4. The molecule has 0 saturated heterocycles. The number of aromatic nitrogens is 1. The fraction of sp³-hybridized carbons (Fsp3) is 0.556. The average molecular weight is 213 g/mol. The van der Waals surface area contributed by atoms with Gasteiger partial charge in [0.05, 0.1) is 5.69 Å². The molecule has 14 heavy (non-hydrogen) atoms. The molecule has 0 saturated carbocycles. The van der Waals surface area contributed by atoms with Crippen LogP contribution in [0.2, 0.25) is 0 Å². The molecular formula is C9H15N3OS. The van der Waals surface area contributed by atoms with E-state index in [0.29, 0.717) is 11.7 Å². The molecule has 1 aromatic heterocycles. The topological polar surface area (TPSA) is 68.0 Å². The molecule has 0 radical (unpaired) electrons. The summed E-state index contributed by atoms with van der Waals surface area (Å²) in [6.45, 7) is 5.99. The van der Waals surface area contributed by atoms with Gasteiger partial charge in [-0.1, -0.05) is 20.8 Å². The van der Waals surface area contributed by atoms with Crippen molar-refractivity contribution in [3.8, 4) is 0 Å². The van der Waals surface area contributed by atoms with Crippen molar-refractivity contribution >= 4 is 22.4 Å². The number of amides is 1. The van der Waals surface area contributed by atoms with E-state index in [2.05, 4.69) is 10.3 Å². The van der Waals surface area contributed by atoms with E-state index in [9.17, 15) is 4.79 Å². The molecule has 3 N–H and O–H groups in total. The largest absolute Gasteiger partial charge is 0.325 e. The standard InChI is InChI=1S/C9H15N3OS/c1-9(2,3)7(13)12-8-11-6(4-10)5-14-8/h5H,4,10H2,1-3H3,(H,11,12,13). The number of nitrogens with two attached hydrogens (primary N) is 1. The maximum absolute atomic E-state index is 11.6. The second kappa shape index (κ2) is 4.06. The third kappa shape index (κ3) is 2.78. The molecule has 78 valence electrons. The van der Waals surface area contributed by atoms with E-state index < -0.39 is 5.41 Å². The van der Waals surface area contributed by atoms with Crippen molar-refractivity contribution in [2.75, 3.05) is 5.32 Å². The van der Waals surface area contributed by atoms with Crippen LogP contribution in [0.5, 0.6) is 0 Å². The Hall–Kier alpha value is -0.940. The van der Waals surface area contributed by atoms with E-state index in [1.54, 1.807) is 0 Å². The van der Waals surface area contributed by atoms with Gasteiger partial charge < -0.3 is 11.1 Å². The van der Waals surface area contributed by atoms with Crippen molar-refractivity contribution < 1.29 is 4.79 Å². The van der Waals surface area contributed by atoms with Gasteiger partial charge >= 0.3 is 0 Å². The van der Waals surface area contributed by atoms with E-state index in [4.69, 9.17) is 5.73 Å². The minimum absolute atomic E-state index is 0.0320. The van der Waals surface area contributed by atoms with Crippen molar-refractivity contribution in [3.05, 3.63) is 11.1 Å². The average Bonchev–Trinajstić information content (AvgIpc) is 2.50. The molecule has 1 aromatic rings. The van der Waals surface area contributed by atoms with Gasteiger partial charge in [0.2, 0.25) is 5.91 Å². The molecule has 0 fully saturated rings. The number of hydrogen-bond donors (Lipinski definition) is 2. The maximum Gasteiger partial charge on any atom is 0.231 e. The van der Waals surface area contributed by atoms with E-state index in [1.807, 2.05) is 26.2 Å². The first-order chi connectivity index (χ1) is 6.43. The smallest absolute Gasteiger partial charge is 0.231 e. The minimum atomic E-state index is -0.394. The number of nitrogens with one attached hydrogen (secondary N) is 1. The van der Waals surface area contributed by atoms with Crippen LogP contribution in [0, 0.1) is 5.41 Å². The van der Waals surface area contributed by atoms with Gasteiger partial charge in [-0.15, -0.1) is 11.3 Å². The van der Waals surface area contributed by atoms with E-state index in [1.165, 1.54) is 11.3 Å².